The molecule has 1 saturated carbocycles. The summed E-state index contributed by atoms with van der Waals surface area (Å²) in [5, 5.41) is 0. The van der Waals surface area contributed by atoms with Crippen LogP contribution in [0.2, 0.25) is 0 Å². The Balaban J connectivity index is 2.27. The minimum absolute atomic E-state index is 0.269. The smallest absolute Gasteiger partial charge is 0.298 e. The number of aromatic amines is 1. The predicted octanol–water partition coefficient (Wildman–Crippen LogP) is 1.43. The molecule has 1 heterocycles. The maximum absolute atomic E-state index is 11.6. The SMILES string of the molecule is O=c1ccn(C2CCCCCC2)c(=O)[nH]1. The van der Waals surface area contributed by atoms with Gasteiger partial charge in [-0.3, -0.25) is 14.3 Å². The van der Waals surface area contributed by atoms with Crippen LogP contribution in [0.4, 0.5) is 0 Å². The molecule has 0 unspecified atom stereocenters. The van der Waals surface area contributed by atoms with E-state index in [2.05, 4.69) is 4.98 Å². The van der Waals surface area contributed by atoms with E-state index < -0.39 is 0 Å². The van der Waals surface area contributed by atoms with Crippen molar-refractivity contribution in [1.82, 2.24) is 9.55 Å². The van der Waals surface area contributed by atoms with Crippen molar-refractivity contribution in [3.05, 3.63) is 33.1 Å². The highest BCUT2D eigenvalue weighted by molar-refractivity contribution is 4.86. The van der Waals surface area contributed by atoms with Crippen LogP contribution < -0.4 is 11.2 Å². The van der Waals surface area contributed by atoms with E-state index in [1.165, 1.54) is 31.7 Å². The van der Waals surface area contributed by atoms with E-state index in [0.29, 0.717) is 0 Å². The zero-order valence-electron chi connectivity index (χ0n) is 8.74. The molecular formula is C11H16N2O2. The van der Waals surface area contributed by atoms with Crippen molar-refractivity contribution in [1.29, 1.82) is 0 Å². The number of aromatic nitrogens is 2. The number of hydrogen-bond acceptors (Lipinski definition) is 2. The standard InChI is InChI=1S/C11H16N2O2/c14-10-7-8-13(11(15)12-10)9-5-3-1-2-4-6-9/h7-9H,1-6H2,(H,12,14,15). The highest BCUT2D eigenvalue weighted by atomic mass is 16.2. The summed E-state index contributed by atoms with van der Waals surface area (Å²) in [7, 11) is 0. The highest BCUT2D eigenvalue weighted by Gasteiger charge is 2.14. The van der Waals surface area contributed by atoms with Crippen molar-refractivity contribution in [2.24, 2.45) is 0 Å². The van der Waals surface area contributed by atoms with Gasteiger partial charge in [-0.05, 0) is 12.8 Å². The van der Waals surface area contributed by atoms with E-state index >= 15 is 0 Å². The van der Waals surface area contributed by atoms with Crippen LogP contribution in [-0.2, 0) is 0 Å². The van der Waals surface area contributed by atoms with Crippen LogP contribution in [-0.4, -0.2) is 9.55 Å². The van der Waals surface area contributed by atoms with E-state index in [-0.39, 0.29) is 17.3 Å². The van der Waals surface area contributed by atoms with E-state index in [1.807, 2.05) is 0 Å². The molecule has 0 aliphatic heterocycles. The summed E-state index contributed by atoms with van der Waals surface area (Å²) in [6.45, 7) is 0. The first kappa shape index (κ1) is 10.2. The lowest BCUT2D eigenvalue weighted by molar-refractivity contribution is 0.424. The third kappa shape index (κ3) is 2.37. The average Bonchev–Trinajstić information content (AvgIpc) is 2.46. The van der Waals surface area contributed by atoms with Crippen LogP contribution in [0, 0.1) is 0 Å². The molecule has 0 bridgehead atoms. The Morgan fingerprint density at radius 3 is 2.40 bits per heavy atom. The van der Waals surface area contributed by atoms with Gasteiger partial charge in [-0.25, -0.2) is 4.79 Å². The molecule has 0 radical (unpaired) electrons. The Kier molecular flexibility index (Phi) is 3.04. The predicted molar refractivity (Wildman–Crippen MR) is 58.1 cm³/mol. The largest absolute Gasteiger partial charge is 0.328 e. The summed E-state index contributed by atoms with van der Waals surface area (Å²) in [5.74, 6) is 0. The number of H-pyrrole nitrogens is 1. The lowest BCUT2D eigenvalue weighted by Crippen LogP contribution is -2.31. The first-order valence-electron chi connectivity index (χ1n) is 5.59. The molecule has 15 heavy (non-hydrogen) atoms. The molecule has 1 N–H and O–H groups in total. The summed E-state index contributed by atoms with van der Waals surface area (Å²) >= 11 is 0. The lowest BCUT2D eigenvalue weighted by atomic mass is 10.1. The van der Waals surface area contributed by atoms with Gasteiger partial charge >= 0.3 is 5.69 Å². The van der Waals surface area contributed by atoms with Gasteiger partial charge in [0.25, 0.3) is 5.56 Å². The van der Waals surface area contributed by atoms with Gasteiger partial charge in [0.1, 0.15) is 0 Å². The fraction of sp³-hybridized carbons (Fsp3) is 0.636. The summed E-state index contributed by atoms with van der Waals surface area (Å²) in [4.78, 5) is 24.8. The number of hydrogen-bond donors (Lipinski definition) is 1. The molecule has 4 nitrogen and oxygen atoms in total. The summed E-state index contributed by atoms with van der Waals surface area (Å²) in [6, 6.07) is 1.70. The molecule has 0 aromatic carbocycles. The minimum Gasteiger partial charge on any atom is -0.298 e. The Labute approximate surface area is 88.0 Å². The maximum atomic E-state index is 11.6. The van der Waals surface area contributed by atoms with Gasteiger partial charge in [0, 0.05) is 18.3 Å². The second-order valence-electron chi connectivity index (χ2n) is 4.16. The Morgan fingerprint density at radius 1 is 1.13 bits per heavy atom. The number of nitrogens with one attached hydrogen (secondary N) is 1. The molecule has 0 amide bonds. The van der Waals surface area contributed by atoms with Crippen LogP contribution in [0.5, 0.6) is 0 Å². The van der Waals surface area contributed by atoms with Gasteiger partial charge in [-0.2, -0.15) is 0 Å². The number of rotatable bonds is 1. The second-order valence-corrected chi connectivity index (χ2v) is 4.16. The van der Waals surface area contributed by atoms with E-state index in [9.17, 15) is 9.59 Å². The summed E-state index contributed by atoms with van der Waals surface area (Å²) < 4.78 is 1.67. The van der Waals surface area contributed by atoms with E-state index in [1.54, 1.807) is 10.8 Å². The monoisotopic (exact) mass is 208 g/mol. The van der Waals surface area contributed by atoms with Gasteiger partial charge in [-0.1, -0.05) is 25.7 Å². The Morgan fingerprint density at radius 2 is 1.80 bits per heavy atom. The third-order valence-corrected chi connectivity index (χ3v) is 3.07. The zero-order valence-corrected chi connectivity index (χ0v) is 8.74. The van der Waals surface area contributed by atoms with Crippen molar-refractivity contribution >= 4 is 0 Å². The van der Waals surface area contributed by atoms with Crippen LogP contribution in [0.1, 0.15) is 44.6 Å². The van der Waals surface area contributed by atoms with Crippen LogP contribution >= 0.6 is 0 Å². The average molecular weight is 208 g/mol. The van der Waals surface area contributed by atoms with Crippen LogP contribution in [0.15, 0.2) is 21.9 Å². The molecule has 0 atom stereocenters. The van der Waals surface area contributed by atoms with E-state index in [4.69, 9.17) is 0 Å². The molecule has 82 valence electrons. The zero-order chi connectivity index (χ0) is 10.7. The maximum Gasteiger partial charge on any atom is 0.328 e. The van der Waals surface area contributed by atoms with Gasteiger partial charge < -0.3 is 0 Å². The van der Waals surface area contributed by atoms with Crippen molar-refractivity contribution in [2.75, 3.05) is 0 Å². The lowest BCUT2D eigenvalue weighted by Gasteiger charge is -2.16. The quantitative estimate of drug-likeness (QED) is 0.710. The minimum atomic E-state index is -0.315. The Bertz CT molecular complexity index is 425. The van der Waals surface area contributed by atoms with Gasteiger partial charge in [0.2, 0.25) is 0 Å². The van der Waals surface area contributed by atoms with Gasteiger partial charge in [0.05, 0.1) is 0 Å². The normalized spacial score (nSPS) is 18.7. The van der Waals surface area contributed by atoms with Crippen molar-refractivity contribution in [3.8, 4) is 0 Å². The topological polar surface area (TPSA) is 54.9 Å². The fourth-order valence-electron chi connectivity index (χ4n) is 2.25. The molecule has 1 aliphatic carbocycles. The highest BCUT2D eigenvalue weighted by Crippen LogP contribution is 2.25. The first-order chi connectivity index (χ1) is 7.27. The fourth-order valence-corrected chi connectivity index (χ4v) is 2.25. The Hall–Kier alpha value is -1.32. The molecule has 1 fully saturated rings. The van der Waals surface area contributed by atoms with Crippen LogP contribution in [0.25, 0.3) is 0 Å². The number of nitrogens with zero attached hydrogens (tertiary/aromatic N) is 1. The molecule has 1 aromatic heterocycles. The first-order valence-corrected chi connectivity index (χ1v) is 5.59. The molecule has 2 rings (SSSR count). The molecule has 1 aromatic rings. The summed E-state index contributed by atoms with van der Waals surface area (Å²) in [6.07, 6.45) is 8.59. The molecule has 0 saturated heterocycles. The van der Waals surface area contributed by atoms with Crippen molar-refractivity contribution in [2.45, 2.75) is 44.6 Å². The van der Waals surface area contributed by atoms with Crippen molar-refractivity contribution < 1.29 is 0 Å². The molecule has 1 aliphatic rings. The molecule has 4 heteroatoms. The summed E-state index contributed by atoms with van der Waals surface area (Å²) in [5.41, 5.74) is -0.584. The van der Waals surface area contributed by atoms with Crippen LogP contribution in [0.3, 0.4) is 0 Å². The molecule has 0 spiro atoms. The van der Waals surface area contributed by atoms with E-state index in [0.717, 1.165) is 12.8 Å². The third-order valence-electron chi connectivity index (χ3n) is 3.07. The van der Waals surface area contributed by atoms with Gasteiger partial charge in [-0.15, -0.1) is 0 Å². The second kappa shape index (κ2) is 4.47. The van der Waals surface area contributed by atoms with Crippen molar-refractivity contribution in [3.63, 3.8) is 0 Å². The molecular weight excluding hydrogens is 192 g/mol. The van der Waals surface area contributed by atoms with Gasteiger partial charge in [0.15, 0.2) is 0 Å².